The van der Waals surface area contributed by atoms with Crippen molar-refractivity contribution in [3.63, 3.8) is 0 Å². The Morgan fingerprint density at radius 3 is 2.08 bits per heavy atom. The molecular weight excluding hydrogens is 172 g/mol. The van der Waals surface area contributed by atoms with Crippen LogP contribution in [0.2, 0.25) is 0 Å². The lowest BCUT2D eigenvalue weighted by Crippen LogP contribution is -1.78. The van der Waals surface area contributed by atoms with E-state index in [4.69, 9.17) is 10.2 Å². The molecule has 0 atom stereocenters. The highest BCUT2D eigenvalue weighted by Crippen LogP contribution is 2.32. The van der Waals surface area contributed by atoms with E-state index in [1.54, 1.807) is 0 Å². The summed E-state index contributed by atoms with van der Waals surface area (Å²) in [5, 5.41) is 35.9. The van der Waals surface area contributed by atoms with Gasteiger partial charge in [-0.3, -0.25) is 0 Å². The van der Waals surface area contributed by atoms with Crippen molar-refractivity contribution in [1.82, 2.24) is 0 Å². The minimum atomic E-state index is -0.234. The van der Waals surface area contributed by atoms with Gasteiger partial charge in [-0.05, 0) is 6.08 Å². The highest BCUT2D eigenvalue weighted by atomic mass is 16.3. The molecule has 0 amide bonds. The molecule has 0 saturated carbocycles. The third-order valence-electron chi connectivity index (χ3n) is 1.51. The van der Waals surface area contributed by atoms with E-state index in [-0.39, 0.29) is 29.4 Å². The van der Waals surface area contributed by atoms with Gasteiger partial charge in [-0.1, -0.05) is 6.08 Å². The molecule has 0 heterocycles. The fraction of sp³-hybridized carbons (Fsp3) is 0.111. The third kappa shape index (κ3) is 2.13. The van der Waals surface area contributed by atoms with Gasteiger partial charge in [-0.15, -0.1) is 0 Å². The standard InChI is InChI=1S/C9H10O4/c10-3-1-2-7-8(12)4-6(11)5-9(7)13/h1-2,4-5,10-13H,3H2. The van der Waals surface area contributed by atoms with Crippen LogP contribution >= 0.6 is 0 Å². The van der Waals surface area contributed by atoms with Gasteiger partial charge in [-0.2, -0.15) is 0 Å². The van der Waals surface area contributed by atoms with Crippen molar-refractivity contribution in [2.75, 3.05) is 6.61 Å². The number of phenolic OH excluding ortho intramolecular Hbond substituents is 3. The van der Waals surface area contributed by atoms with Crippen molar-refractivity contribution < 1.29 is 20.4 Å². The highest BCUT2D eigenvalue weighted by Gasteiger charge is 2.05. The summed E-state index contributed by atoms with van der Waals surface area (Å²) in [5.74, 6) is -0.680. The second-order valence-corrected chi connectivity index (χ2v) is 2.48. The maximum atomic E-state index is 9.25. The summed E-state index contributed by atoms with van der Waals surface area (Å²) in [7, 11) is 0. The Balaban J connectivity index is 3.13. The van der Waals surface area contributed by atoms with Gasteiger partial charge >= 0.3 is 0 Å². The van der Waals surface area contributed by atoms with Crippen LogP contribution in [0.15, 0.2) is 18.2 Å². The Labute approximate surface area is 75.0 Å². The lowest BCUT2D eigenvalue weighted by molar-refractivity contribution is 0.343. The second kappa shape index (κ2) is 3.82. The van der Waals surface area contributed by atoms with Gasteiger partial charge in [0.15, 0.2) is 0 Å². The summed E-state index contributed by atoms with van der Waals surface area (Å²) in [6.45, 7) is -0.181. The van der Waals surface area contributed by atoms with Crippen LogP contribution in [0, 0.1) is 0 Å². The van der Waals surface area contributed by atoms with E-state index in [0.29, 0.717) is 0 Å². The molecule has 13 heavy (non-hydrogen) atoms. The van der Waals surface area contributed by atoms with Crippen molar-refractivity contribution in [2.45, 2.75) is 0 Å². The summed E-state index contributed by atoms with van der Waals surface area (Å²) < 4.78 is 0. The molecule has 0 fully saturated rings. The molecular formula is C9H10O4. The first kappa shape index (κ1) is 9.41. The van der Waals surface area contributed by atoms with Gasteiger partial charge in [0.2, 0.25) is 0 Å². The SMILES string of the molecule is OCC=Cc1c(O)cc(O)cc1O. The summed E-state index contributed by atoms with van der Waals surface area (Å²) in [4.78, 5) is 0. The van der Waals surface area contributed by atoms with E-state index in [1.165, 1.54) is 12.2 Å². The van der Waals surface area contributed by atoms with Gasteiger partial charge < -0.3 is 20.4 Å². The Hall–Kier alpha value is -1.68. The summed E-state index contributed by atoms with van der Waals surface area (Å²) in [6, 6.07) is 2.22. The minimum Gasteiger partial charge on any atom is -0.508 e. The summed E-state index contributed by atoms with van der Waals surface area (Å²) >= 11 is 0. The largest absolute Gasteiger partial charge is 0.508 e. The smallest absolute Gasteiger partial charge is 0.130 e. The van der Waals surface area contributed by atoms with Crippen LogP contribution in [0.3, 0.4) is 0 Å². The van der Waals surface area contributed by atoms with Crippen LogP contribution in [-0.4, -0.2) is 27.0 Å². The number of phenols is 3. The molecule has 0 bridgehead atoms. The molecule has 1 aromatic rings. The fourth-order valence-corrected chi connectivity index (χ4v) is 0.950. The summed E-state index contributed by atoms with van der Waals surface area (Å²) in [5.41, 5.74) is 0.173. The molecule has 1 aromatic carbocycles. The van der Waals surface area contributed by atoms with E-state index in [1.807, 2.05) is 0 Å². The van der Waals surface area contributed by atoms with E-state index < -0.39 is 0 Å². The number of benzene rings is 1. The Morgan fingerprint density at radius 1 is 1.08 bits per heavy atom. The van der Waals surface area contributed by atoms with Crippen molar-refractivity contribution in [2.24, 2.45) is 0 Å². The van der Waals surface area contributed by atoms with E-state index in [0.717, 1.165) is 12.1 Å². The van der Waals surface area contributed by atoms with Crippen LogP contribution in [0.25, 0.3) is 6.08 Å². The van der Waals surface area contributed by atoms with Crippen LogP contribution in [-0.2, 0) is 0 Å². The van der Waals surface area contributed by atoms with Crippen molar-refractivity contribution in [3.05, 3.63) is 23.8 Å². The number of hydrogen-bond acceptors (Lipinski definition) is 4. The van der Waals surface area contributed by atoms with E-state index >= 15 is 0 Å². The number of hydrogen-bond donors (Lipinski definition) is 4. The number of rotatable bonds is 2. The predicted molar refractivity (Wildman–Crippen MR) is 47.6 cm³/mol. The number of aliphatic hydroxyl groups is 1. The Bertz CT molecular complexity index is 307. The average Bonchev–Trinajstić information content (AvgIpc) is 2.02. The minimum absolute atomic E-state index is 0.173. The topological polar surface area (TPSA) is 80.9 Å². The maximum Gasteiger partial charge on any atom is 0.130 e. The van der Waals surface area contributed by atoms with Crippen LogP contribution in [0.4, 0.5) is 0 Å². The zero-order chi connectivity index (χ0) is 9.84. The van der Waals surface area contributed by atoms with Gasteiger partial charge in [0.05, 0.1) is 12.2 Å². The number of aromatic hydroxyl groups is 3. The zero-order valence-corrected chi connectivity index (χ0v) is 6.81. The molecule has 0 saturated heterocycles. The molecule has 0 aromatic heterocycles. The van der Waals surface area contributed by atoms with Crippen molar-refractivity contribution in [3.8, 4) is 17.2 Å². The van der Waals surface area contributed by atoms with Crippen molar-refractivity contribution in [1.29, 1.82) is 0 Å². The van der Waals surface area contributed by atoms with E-state index in [9.17, 15) is 10.2 Å². The molecule has 0 aliphatic heterocycles. The Morgan fingerprint density at radius 2 is 1.62 bits per heavy atom. The molecule has 0 radical (unpaired) electrons. The van der Waals surface area contributed by atoms with Gasteiger partial charge in [0, 0.05) is 12.1 Å². The predicted octanol–water partition coefficient (Wildman–Crippen LogP) is 0.809. The zero-order valence-electron chi connectivity index (χ0n) is 6.81. The molecule has 4 heteroatoms. The number of aliphatic hydroxyl groups excluding tert-OH is 1. The maximum absolute atomic E-state index is 9.25. The van der Waals surface area contributed by atoms with Gasteiger partial charge in [-0.25, -0.2) is 0 Å². The molecule has 4 nitrogen and oxygen atoms in total. The molecule has 70 valence electrons. The third-order valence-corrected chi connectivity index (χ3v) is 1.51. The monoisotopic (exact) mass is 182 g/mol. The molecule has 0 aliphatic rings. The highest BCUT2D eigenvalue weighted by molar-refractivity contribution is 5.65. The molecule has 0 unspecified atom stereocenters. The first-order valence-electron chi connectivity index (χ1n) is 3.67. The molecule has 1 rings (SSSR count). The first-order valence-corrected chi connectivity index (χ1v) is 3.67. The lowest BCUT2D eigenvalue weighted by atomic mass is 10.1. The van der Waals surface area contributed by atoms with Crippen LogP contribution < -0.4 is 0 Å². The normalized spacial score (nSPS) is 10.8. The average molecular weight is 182 g/mol. The van der Waals surface area contributed by atoms with Gasteiger partial charge in [0.1, 0.15) is 17.2 Å². The lowest BCUT2D eigenvalue weighted by Gasteiger charge is -2.02. The molecule has 0 aliphatic carbocycles. The van der Waals surface area contributed by atoms with Crippen LogP contribution in [0.5, 0.6) is 17.2 Å². The van der Waals surface area contributed by atoms with Gasteiger partial charge in [0.25, 0.3) is 0 Å². The quantitative estimate of drug-likeness (QED) is 0.545. The van der Waals surface area contributed by atoms with E-state index in [2.05, 4.69) is 0 Å². The first-order chi connectivity index (χ1) is 6.15. The van der Waals surface area contributed by atoms with Crippen LogP contribution in [0.1, 0.15) is 5.56 Å². The molecule has 0 spiro atoms. The van der Waals surface area contributed by atoms with Crippen molar-refractivity contribution >= 4 is 6.08 Å². The Kier molecular flexibility index (Phi) is 2.76. The summed E-state index contributed by atoms with van der Waals surface area (Å²) in [6.07, 6.45) is 2.73. The molecule has 4 N–H and O–H groups in total. The second-order valence-electron chi connectivity index (χ2n) is 2.48. The fourth-order valence-electron chi connectivity index (χ4n) is 0.950.